The Morgan fingerprint density at radius 3 is 3.09 bits per heavy atom. The largest absolute Gasteiger partial charge is 0.329 e. The van der Waals surface area contributed by atoms with Gasteiger partial charge in [-0.15, -0.1) is 11.8 Å². The molecule has 0 amide bonds. The van der Waals surface area contributed by atoms with Crippen LogP contribution in [0.3, 0.4) is 0 Å². The fourth-order valence-corrected chi connectivity index (χ4v) is 3.51. The van der Waals surface area contributed by atoms with Crippen molar-refractivity contribution in [2.24, 2.45) is 0 Å². The Bertz CT molecular complexity index is 755. The average Bonchev–Trinajstić information content (AvgIpc) is 3.21. The zero-order valence-electron chi connectivity index (χ0n) is 12.7. The first-order valence-corrected chi connectivity index (χ1v) is 8.71. The van der Waals surface area contributed by atoms with Crippen molar-refractivity contribution in [3.63, 3.8) is 0 Å². The van der Waals surface area contributed by atoms with Gasteiger partial charge in [-0.1, -0.05) is 6.07 Å². The van der Waals surface area contributed by atoms with Gasteiger partial charge in [-0.2, -0.15) is 5.10 Å². The molecule has 0 atom stereocenters. The van der Waals surface area contributed by atoms with Gasteiger partial charge < -0.3 is 9.88 Å². The molecule has 7 heteroatoms. The summed E-state index contributed by atoms with van der Waals surface area (Å²) in [4.78, 5) is 8.84. The fraction of sp³-hybridized carbons (Fsp3) is 0.312. The lowest BCUT2D eigenvalue weighted by Gasteiger charge is -2.13. The van der Waals surface area contributed by atoms with Crippen LogP contribution >= 0.6 is 11.8 Å². The molecular formula is C16H18N6S. The van der Waals surface area contributed by atoms with Crippen LogP contribution in [0.4, 0.5) is 0 Å². The third-order valence-corrected chi connectivity index (χ3v) is 4.76. The molecule has 1 aliphatic rings. The first-order valence-electron chi connectivity index (χ1n) is 7.73. The first-order chi connectivity index (χ1) is 11.4. The molecule has 3 aromatic rings. The van der Waals surface area contributed by atoms with Crippen molar-refractivity contribution < 1.29 is 0 Å². The summed E-state index contributed by atoms with van der Waals surface area (Å²) in [6, 6.07) is 8.13. The number of hydrogen-bond donors (Lipinski definition) is 1. The average molecular weight is 326 g/mol. The molecule has 23 heavy (non-hydrogen) atoms. The summed E-state index contributed by atoms with van der Waals surface area (Å²) in [5.41, 5.74) is 2.18. The zero-order valence-corrected chi connectivity index (χ0v) is 13.5. The number of nitrogens with one attached hydrogen (secondary N) is 1. The maximum atomic E-state index is 4.69. The number of aromatic nitrogens is 5. The van der Waals surface area contributed by atoms with Crippen molar-refractivity contribution >= 4 is 11.8 Å². The maximum Gasteiger partial charge on any atom is 0.160 e. The SMILES string of the molecule is c1ccc(SCCn2ccnc2-c2cc3n(n2)CCNC3)nc1. The van der Waals surface area contributed by atoms with Gasteiger partial charge in [0, 0.05) is 44.0 Å². The summed E-state index contributed by atoms with van der Waals surface area (Å²) in [5, 5.41) is 9.12. The Kier molecular flexibility index (Phi) is 4.12. The second kappa shape index (κ2) is 6.55. The lowest BCUT2D eigenvalue weighted by molar-refractivity contribution is 0.476. The summed E-state index contributed by atoms with van der Waals surface area (Å²) in [7, 11) is 0. The zero-order chi connectivity index (χ0) is 15.5. The number of rotatable bonds is 5. The molecule has 0 fully saturated rings. The topological polar surface area (TPSA) is 60.6 Å². The lowest BCUT2D eigenvalue weighted by atomic mass is 10.3. The molecule has 0 saturated heterocycles. The molecule has 6 nitrogen and oxygen atoms in total. The van der Waals surface area contributed by atoms with Gasteiger partial charge in [0.2, 0.25) is 0 Å². The highest BCUT2D eigenvalue weighted by Crippen LogP contribution is 2.20. The number of hydrogen-bond acceptors (Lipinski definition) is 5. The standard InChI is InChI=1S/C16H18N6S/c1-2-4-18-15(3-1)23-10-9-21-7-6-19-16(21)14-11-13-12-17-5-8-22(13)20-14/h1-4,6-7,11,17H,5,8-10,12H2. The molecule has 0 spiro atoms. The first kappa shape index (κ1) is 14.5. The van der Waals surface area contributed by atoms with Crippen LogP contribution in [0.2, 0.25) is 0 Å². The Labute approximate surface area is 139 Å². The smallest absolute Gasteiger partial charge is 0.160 e. The molecule has 4 rings (SSSR count). The predicted molar refractivity (Wildman–Crippen MR) is 90.1 cm³/mol. The number of fused-ring (bicyclic) bond motifs is 1. The number of aryl methyl sites for hydroxylation is 1. The van der Waals surface area contributed by atoms with Gasteiger partial charge in [-0.05, 0) is 18.2 Å². The van der Waals surface area contributed by atoms with E-state index in [-0.39, 0.29) is 0 Å². The summed E-state index contributed by atoms with van der Waals surface area (Å²) in [6.45, 7) is 3.66. The van der Waals surface area contributed by atoms with E-state index in [0.29, 0.717) is 0 Å². The van der Waals surface area contributed by atoms with Gasteiger partial charge >= 0.3 is 0 Å². The molecule has 0 saturated carbocycles. The van der Waals surface area contributed by atoms with Crippen molar-refractivity contribution in [1.29, 1.82) is 0 Å². The van der Waals surface area contributed by atoms with E-state index in [1.165, 1.54) is 5.69 Å². The minimum absolute atomic E-state index is 0.878. The van der Waals surface area contributed by atoms with Crippen molar-refractivity contribution in [2.75, 3.05) is 12.3 Å². The monoisotopic (exact) mass is 326 g/mol. The number of nitrogens with zero attached hydrogens (tertiary/aromatic N) is 5. The quantitative estimate of drug-likeness (QED) is 0.727. The molecule has 0 aliphatic carbocycles. The van der Waals surface area contributed by atoms with E-state index in [1.54, 1.807) is 11.8 Å². The normalized spacial score (nSPS) is 13.9. The molecule has 1 N–H and O–H groups in total. The highest BCUT2D eigenvalue weighted by Gasteiger charge is 2.15. The number of pyridine rings is 1. The third-order valence-electron chi connectivity index (χ3n) is 3.83. The van der Waals surface area contributed by atoms with Gasteiger partial charge in [0.05, 0.1) is 17.3 Å². The van der Waals surface area contributed by atoms with E-state index in [2.05, 4.69) is 30.6 Å². The van der Waals surface area contributed by atoms with Gasteiger partial charge in [-0.3, -0.25) is 4.68 Å². The van der Waals surface area contributed by atoms with E-state index in [9.17, 15) is 0 Å². The Balaban J connectivity index is 1.47. The molecule has 0 unspecified atom stereocenters. The number of thioether (sulfide) groups is 1. The van der Waals surface area contributed by atoms with E-state index in [0.717, 1.165) is 48.5 Å². The van der Waals surface area contributed by atoms with Crippen LogP contribution in [0, 0.1) is 0 Å². The Morgan fingerprint density at radius 1 is 1.22 bits per heavy atom. The molecule has 4 heterocycles. The highest BCUT2D eigenvalue weighted by atomic mass is 32.2. The fourth-order valence-electron chi connectivity index (χ4n) is 2.71. The molecule has 3 aromatic heterocycles. The second-order valence-corrected chi connectivity index (χ2v) is 6.50. The molecular weight excluding hydrogens is 308 g/mol. The van der Waals surface area contributed by atoms with Gasteiger partial charge in [0.25, 0.3) is 0 Å². The summed E-state index contributed by atoms with van der Waals surface area (Å²) in [5.74, 6) is 1.89. The van der Waals surface area contributed by atoms with Crippen molar-refractivity contribution in [3.8, 4) is 11.5 Å². The molecule has 118 valence electrons. The Morgan fingerprint density at radius 2 is 2.22 bits per heavy atom. The minimum Gasteiger partial charge on any atom is -0.329 e. The van der Waals surface area contributed by atoms with E-state index in [4.69, 9.17) is 5.10 Å². The lowest BCUT2D eigenvalue weighted by Crippen LogP contribution is -2.28. The van der Waals surface area contributed by atoms with Crippen LogP contribution < -0.4 is 5.32 Å². The summed E-state index contributed by atoms with van der Waals surface area (Å²) < 4.78 is 4.24. The van der Waals surface area contributed by atoms with Crippen molar-refractivity contribution in [2.45, 2.75) is 24.7 Å². The van der Waals surface area contributed by atoms with Crippen molar-refractivity contribution in [1.82, 2.24) is 29.6 Å². The van der Waals surface area contributed by atoms with Gasteiger partial charge in [-0.25, -0.2) is 9.97 Å². The van der Waals surface area contributed by atoms with Crippen LogP contribution in [0.1, 0.15) is 5.69 Å². The minimum atomic E-state index is 0.878. The predicted octanol–water partition coefficient (Wildman–Crippen LogP) is 2.04. The van der Waals surface area contributed by atoms with Crippen LogP contribution in [0.5, 0.6) is 0 Å². The molecule has 0 aromatic carbocycles. The van der Waals surface area contributed by atoms with Gasteiger partial charge in [0.1, 0.15) is 5.69 Å². The highest BCUT2D eigenvalue weighted by molar-refractivity contribution is 7.99. The maximum absolute atomic E-state index is 4.69. The van der Waals surface area contributed by atoms with E-state index < -0.39 is 0 Å². The van der Waals surface area contributed by atoms with Crippen LogP contribution in [0.15, 0.2) is 47.9 Å². The molecule has 1 aliphatic heterocycles. The summed E-state index contributed by atoms with van der Waals surface area (Å²) >= 11 is 1.75. The van der Waals surface area contributed by atoms with Crippen LogP contribution in [0.25, 0.3) is 11.5 Å². The van der Waals surface area contributed by atoms with E-state index in [1.807, 2.05) is 36.8 Å². The van der Waals surface area contributed by atoms with Crippen LogP contribution in [-0.2, 0) is 19.6 Å². The molecule has 0 radical (unpaired) electrons. The van der Waals surface area contributed by atoms with E-state index >= 15 is 0 Å². The molecule has 0 bridgehead atoms. The number of imidazole rings is 1. The third kappa shape index (κ3) is 3.16. The summed E-state index contributed by atoms with van der Waals surface area (Å²) in [6.07, 6.45) is 5.69. The van der Waals surface area contributed by atoms with Crippen molar-refractivity contribution in [3.05, 3.63) is 48.5 Å². The van der Waals surface area contributed by atoms with Crippen LogP contribution in [-0.4, -0.2) is 36.6 Å². The van der Waals surface area contributed by atoms with Gasteiger partial charge in [0.15, 0.2) is 5.82 Å². The second-order valence-electron chi connectivity index (χ2n) is 5.38. The Hall–Kier alpha value is -2.12.